The van der Waals surface area contributed by atoms with E-state index in [0.717, 1.165) is 0 Å². The standard InChI is InChI=1S/C14H25NO3/c1-8-9-14(7)10-17-13(5,6)15(14)11(16)18-12(2,3)4/h8-9H,10H2,1-7H3/b9-8+/t14-/m0/s1. The fraction of sp³-hybridized carbons (Fsp3) is 0.786. The van der Waals surface area contributed by atoms with Crippen LogP contribution in [0.3, 0.4) is 0 Å². The van der Waals surface area contributed by atoms with E-state index in [-0.39, 0.29) is 6.09 Å². The second-order valence-electron chi connectivity index (χ2n) is 6.41. The third kappa shape index (κ3) is 3.05. The van der Waals surface area contributed by atoms with Crippen LogP contribution in [0.2, 0.25) is 0 Å². The van der Waals surface area contributed by atoms with E-state index in [1.54, 1.807) is 4.90 Å². The molecule has 1 atom stereocenters. The highest BCUT2D eigenvalue weighted by Gasteiger charge is 2.51. The molecular weight excluding hydrogens is 230 g/mol. The Morgan fingerprint density at radius 2 is 1.89 bits per heavy atom. The van der Waals surface area contributed by atoms with Crippen molar-refractivity contribution < 1.29 is 14.3 Å². The zero-order chi connectivity index (χ0) is 14.2. The molecule has 0 spiro atoms. The highest BCUT2D eigenvalue weighted by atomic mass is 16.6. The topological polar surface area (TPSA) is 38.8 Å². The molecule has 0 unspecified atom stereocenters. The van der Waals surface area contributed by atoms with Gasteiger partial charge in [0.1, 0.15) is 11.3 Å². The molecule has 0 aliphatic carbocycles. The zero-order valence-electron chi connectivity index (χ0n) is 12.5. The Labute approximate surface area is 110 Å². The van der Waals surface area contributed by atoms with Gasteiger partial charge in [-0.3, -0.25) is 4.90 Å². The molecule has 4 heteroatoms. The first kappa shape index (κ1) is 15.0. The average Bonchev–Trinajstić information content (AvgIpc) is 2.34. The van der Waals surface area contributed by atoms with Gasteiger partial charge in [0.2, 0.25) is 0 Å². The summed E-state index contributed by atoms with van der Waals surface area (Å²) >= 11 is 0. The van der Waals surface area contributed by atoms with E-state index in [9.17, 15) is 4.79 Å². The molecule has 104 valence electrons. The van der Waals surface area contributed by atoms with Crippen LogP contribution in [0.4, 0.5) is 4.79 Å². The first-order valence-electron chi connectivity index (χ1n) is 6.33. The number of ether oxygens (including phenoxy) is 2. The monoisotopic (exact) mass is 255 g/mol. The van der Waals surface area contributed by atoms with E-state index in [1.165, 1.54) is 0 Å². The lowest BCUT2D eigenvalue weighted by Crippen LogP contribution is -2.54. The first-order chi connectivity index (χ1) is 8.02. The first-order valence-corrected chi connectivity index (χ1v) is 6.33. The van der Waals surface area contributed by atoms with E-state index in [2.05, 4.69) is 0 Å². The molecule has 1 amide bonds. The molecule has 0 aromatic heterocycles. The Balaban J connectivity index is 3.03. The van der Waals surface area contributed by atoms with Crippen molar-refractivity contribution in [3.8, 4) is 0 Å². The van der Waals surface area contributed by atoms with Crippen LogP contribution in [0.25, 0.3) is 0 Å². The third-order valence-electron chi connectivity index (χ3n) is 2.87. The molecule has 1 fully saturated rings. The number of carbonyl (C=O) groups excluding carboxylic acids is 1. The minimum atomic E-state index is -0.656. The third-order valence-corrected chi connectivity index (χ3v) is 2.87. The molecule has 0 aromatic carbocycles. The van der Waals surface area contributed by atoms with Gasteiger partial charge < -0.3 is 9.47 Å². The van der Waals surface area contributed by atoms with Crippen LogP contribution in [-0.4, -0.2) is 34.5 Å². The van der Waals surface area contributed by atoms with E-state index in [1.807, 2.05) is 60.6 Å². The van der Waals surface area contributed by atoms with E-state index < -0.39 is 16.9 Å². The van der Waals surface area contributed by atoms with Crippen molar-refractivity contribution in [1.82, 2.24) is 4.90 Å². The summed E-state index contributed by atoms with van der Waals surface area (Å²) in [5, 5.41) is 0. The molecule has 1 saturated heterocycles. The second kappa shape index (κ2) is 4.57. The molecule has 18 heavy (non-hydrogen) atoms. The maximum atomic E-state index is 12.4. The molecule has 1 rings (SSSR count). The number of rotatable bonds is 1. The van der Waals surface area contributed by atoms with Crippen molar-refractivity contribution in [2.75, 3.05) is 6.61 Å². The Morgan fingerprint density at radius 3 is 2.33 bits per heavy atom. The van der Waals surface area contributed by atoms with Gasteiger partial charge in [0.15, 0.2) is 0 Å². The molecule has 0 bridgehead atoms. The molecule has 1 aliphatic heterocycles. The number of hydrogen-bond donors (Lipinski definition) is 0. The quantitative estimate of drug-likeness (QED) is 0.675. The predicted octanol–water partition coefficient (Wildman–Crippen LogP) is 3.32. The van der Waals surface area contributed by atoms with Gasteiger partial charge in [-0.1, -0.05) is 12.2 Å². The lowest BCUT2D eigenvalue weighted by atomic mass is 10.0. The minimum absolute atomic E-state index is 0.342. The van der Waals surface area contributed by atoms with Crippen molar-refractivity contribution in [2.24, 2.45) is 0 Å². The number of carbonyl (C=O) groups is 1. The summed E-state index contributed by atoms with van der Waals surface area (Å²) in [4.78, 5) is 14.0. The van der Waals surface area contributed by atoms with E-state index >= 15 is 0 Å². The maximum Gasteiger partial charge on any atom is 0.413 e. The lowest BCUT2D eigenvalue weighted by molar-refractivity contribution is -0.0651. The molecule has 0 saturated carbocycles. The molecule has 0 aromatic rings. The van der Waals surface area contributed by atoms with Gasteiger partial charge in [0.05, 0.1) is 12.1 Å². The van der Waals surface area contributed by atoms with Crippen LogP contribution in [0.5, 0.6) is 0 Å². The van der Waals surface area contributed by atoms with Gasteiger partial charge in [-0.2, -0.15) is 0 Å². The van der Waals surface area contributed by atoms with Crippen LogP contribution >= 0.6 is 0 Å². The summed E-state index contributed by atoms with van der Waals surface area (Å²) in [5.41, 5.74) is -1.62. The molecular formula is C14H25NO3. The van der Waals surface area contributed by atoms with Crippen LogP contribution in [0.15, 0.2) is 12.2 Å². The smallest absolute Gasteiger partial charge is 0.413 e. The van der Waals surface area contributed by atoms with Crippen LogP contribution in [0, 0.1) is 0 Å². The average molecular weight is 255 g/mol. The number of amides is 1. The summed E-state index contributed by atoms with van der Waals surface area (Å²) < 4.78 is 11.2. The van der Waals surface area contributed by atoms with Crippen LogP contribution < -0.4 is 0 Å². The van der Waals surface area contributed by atoms with Crippen LogP contribution in [0.1, 0.15) is 48.5 Å². The van der Waals surface area contributed by atoms with Gasteiger partial charge in [0.25, 0.3) is 0 Å². The van der Waals surface area contributed by atoms with Gasteiger partial charge in [0, 0.05) is 0 Å². The van der Waals surface area contributed by atoms with Crippen LogP contribution in [-0.2, 0) is 9.47 Å². The van der Waals surface area contributed by atoms with Crippen molar-refractivity contribution in [3.63, 3.8) is 0 Å². The van der Waals surface area contributed by atoms with Gasteiger partial charge in [-0.15, -0.1) is 0 Å². The summed E-state index contributed by atoms with van der Waals surface area (Å²) in [6, 6.07) is 0. The number of nitrogens with zero attached hydrogens (tertiary/aromatic N) is 1. The molecule has 1 heterocycles. The molecule has 1 aliphatic rings. The minimum Gasteiger partial charge on any atom is -0.444 e. The lowest BCUT2D eigenvalue weighted by Gasteiger charge is -2.39. The van der Waals surface area contributed by atoms with Gasteiger partial charge in [-0.25, -0.2) is 4.79 Å². The van der Waals surface area contributed by atoms with Gasteiger partial charge >= 0.3 is 6.09 Å². The normalized spacial score (nSPS) is 27.8. The Bertz CT molecular complexity index is 355. The molecule has 0 N–H and O–H groups in total. The summed E-state index contributed by atoms with van der Waals surface area (Å²) in [5.74, 6) is 0. The summed E-state index contributed by atoms with van der Waals surface area (Å²) in [7, 11) is 0. The fourth-order valence-electron chi connectivity index (χ4n) is 2.28. The van der Waals surface area contributed by atoms with Gasteiger partial charge in [-0.05, 0) is 48.5 Å². The summed E-state index contributed by atoms with van der Waals surface area (Å²) in [6.07, 6.45) is 3.57. The highest BCUT2D eigenvalue weighted by molar-refractivity contribution is 5.71. The SMILES string of the molecule is C/C=C/[C@@]1(C)COC(C)(C)N1C(=O)OC(C)(C)C. The highest BCUT2D eigenvalue weighted by Crippen LogP contribution is 2.37. The van der Waals surface area contributed by atoms with Crippen molar-refractivity contribution >= 4 is 6.09 Å². The van der Waals surface area contributed by atoms with Crippen molar-refractivity contribution in [1.29, 1.82) is 0 Å². The van der Waals surface area contributed by atoms with E-state index in [4.69, 9.17) is 9.47 Å². The van der Waals surface area contributed by atoms with E-state index in [0.29, 0.717) is 6.61 Å². The zero-order valence-corrected chi connectivity index (χ0v) is 12.5. The Kier molecular flexibility index (Phi) is 3.82. The molecule has 0 radical (unpaired) electrons. The largest absolute Gasteiger partial charge is 0.444 e. The maximum absolute atomic E-state index is 12.4. The number of allylic oxidation sites excluding steroid dienone is 1. The molecule has 4 nitrogen and oxygen atoms in total. The Hall–Kier alpha value is -1.03. The van der Waals surface area contributed by atoms with Crippen molar-refractivity contribution in [2.45, 2.75) is 65.3 Å². The van der Waals surface area contributed by atoms with Crippen molar-refractivity contribution in [3.05, 3.63) is 12.2 Å². The second-order valence-corrected chi connectivity index (χ2v) is 6.41. The summed E-state index contributed by atoms with van der Waals surface area (Å²) in [6.45, 7) is 13.7. The Morgan fingerprint density at radius 1 is 1.33 bits per heavy atom. The number of hydrogen-bond acceptors (Lipinski definition) is 3. The fourth-order valence-corrected chi connectivity index (χ4v) is 2.28. The predicted molar refractivity (Wildman–Crippen MR) is 71.3 cm³/mol.